The molecule has 1 atom stereocenters. The fourth-order valence-corrected chi connectivity index (χ4v) is 4.33. The number of amides is 1. The first-order chi connectivity index (χ1) is 15.5. The Bertz CT molecular complexity index is 873. The van der Waals surface area contributed by atoms with Crippen LogP contribution in [0.4, 0.5) is 5.82 Å². The number of pyridine rings is 1. The van der Waals surface area contributed by atoms with E-state index in [2.05, 4.69) is 14.8 Å². The van der Waals surface area contributed by atoms with Crippen molar-refractivity contribution in [3.63, 3.8) is 0 Å². The number of nitrogens with zero attached hydrogens (tertiary/aromatic N) is 4. The molecule has 3 heterocycles. The van der Waals surface area contributed by atoms with Crippen molar-refractivity contribution in [1.29, 1.82) is 0 Å². The largest absolute Gasteiger partial charge is 0.484 e. The molecular formula is C24H32N4O4. The maximum atomic E-state index is 12.2. The van der Waals surface area contributed by atoms with E-state index in [4.69, 9.17) is 9.47 Å². The number of hydrogen-bond acceptors (Lipinski definition) is 7. The van der Waals surface area contributed by atoms with Crippen molar-refractivity contribution >= 4 is 11.7 Å². The Hall–Kier alpha value is -2.68. The van der Waals surface area contributed by atoms with Gasteiger partial charge in [0.2, 0.25) is 0 Å². The number of benzene rings is 1. The molecule has 0 saturated carbocycles. The summed E-state index contributed by atoms with van der Waals surface area (Å²) in [5, 5.41) is 11.1. The number of rotatable bonds is 8. The maximum absolute atomic E-state index is 12.2. The first-order valence-corrected chi connectivity index (χ1v) is 11.1. The molecule has 8 nitrogen and oxygen atoms in total. The van der Waals surface area contributed by atoms with E-state index in [0.29, 0.717) is 45.1 Å². The summed E-state index contributed by atoms with van der Waals surface area (Å²) in [5.41, 5.74) is 0.373. The lowest BCUT2D eigenvalue weighted by atomic mass is 10.0. The fraction of sp³-hybridized carbons (Fsp3) is 0.500. The molecule has 1 aromatic heterocycles. The summed E-state index contributed by atoms with van der Waals surface area (Å²) in [6, 6.07) is 13.6. The first-order valence-electron chi connectivity index (χ1n) is 11.1. The zero-order valence-corrected chi connectivity index (χ0v) is 18.7. The molecule has 2 saturated heterocycles. The van der Waals surface area contributed by atoms with Crippen molar-refractivity contribution in [3.8, 4) is 5.75 Å². The minimum atomic E-state index is -0.755. The van der Waals surface area contributed by atoms with E-state index in [9.17, 15) is 9.90 Å². The highest BCUT2D eigenvalue weighted by atomic mass is 16.5. The average molecular weight is 441 g/mol. The Morgan fingerprint density at radius 3 is 2.69 bits per heavy atom. The lowest BCUT2D eigenvalue weighted by Crippen LogP contribution is -2.43. The maximum Gasteiger partial charge on any atom is 0.260 e. The SMILES string of the molecule is CN(Cc1ccc(OCC(=O)N2CCOCC2)cc1)C[C@]1(O)CCN(c2ccccn2)C1. The van der Waals surface area contributed by atoms with Crippen LogP contribution in [-0.4, -0.2) is 91.0 Å². The van der Waals surface area contributed by atoms with Crippen LogP contribution in [0.2, 0.25) is 0 Å². The smallest absolute Gasteiger partial charge is 0.260 e. The second-order valence-corrected chi connectivity index (χ2v) is 8.68. The number of carbonyl (C=O) groups excluding carboxylic acids is 1. The highest BCUT2D eigenvalue weighted by Gasteiger charge is 2.37. The van der Waals surface area contributed by atoms with E-state index in [-0.39, 0.29) is 12.5 Å². The Balaban J connectivity index is 1.23. The van der Waals surface area contributed by atoms with Crippen molar-refractivity contribution in [2.24, 2.45) is 0 Å². The number of ether oxygens (including phenoxy) is 2. The zero-order chi connectivity index (χ0) is 22.4. The monoisotopic (exact) mass is 440 g/mol. The molecule has 0 radical (unpaired) electrons. The van der Waals surface area contributed by atoms with Crippen LogP contribution in [0, 0.1) is 0 Å². The summed E-state index contributed by atoms with van der Waals surface area (Å²) in [5.74, 6) is 1.58. The number of aliphatic hydroxyl groups is 1. The van der Waals surface area contributed by atoms with Gasteiger partial charge in [0.15, 0.2) is 6.61 Å². The van der Waals surface area contributed by atoms with Crippen molar-refractivity contribution < 1.29 is 19.4 Å². The summed E-state index contributed by atoms with van der Waals surface area (Å²) >= 11 is 0. The molecule has 4 rings (SSSR count). The molecule has 2 fully saturated rings. The number of morpholine rings is 1. The van der Waals surface area contributed by atoms with Crippen LogP contribution in [0.5, 0.6) is 5.75 Å². The number of likely N-dealkylation sites (N-methyl/N-ethyl adjacent to an activating group) is 1. The molecule has 2 aromatic rings. The number of carbonyl (C=O) groups is 1. The van der Waals surface area contributed by atoms with Crippen LogP contribution in [0.15, 0.2) is 48.7 Å². The zero-order valence-electron chi connectivity index (χ0n) is 18.7. The Morgan fingerprint density at radius 1 is 1.19 bits per heavy atom. The summed E-state index contributed by atoms with van der Waals surface area (Å²) in [6.45, 7) is 5.16. The van der Waals surface area contributed by atoms with Crippen molar-refractivity contribution in [2.75, 3.05) is 64.5 Å². The topological polar surface area (TPSA) is 78.4 Å². The minimum absolute atomic E-state index is 0.0123. The molecular weight excluding hydrogens is 408 g/mol. The molecule has 0 spiro atoms. The van der Waals surface area contributed by atoms with Gasteiger partial charge in [-0.3, -0.25) is 9.69 Å². The molecule has 1 amide bonds. The lowest BCUT2D eigenvalue weighted by molar-refractivity contribution is -0.137. The average Bonchev–Trinajstić information content (AvgIpc) is 3.21. The van der Waals surface area contributed by atoms with E-state index < -0.39 is 5.60 Å². The highest BCUT2D eigenvalue weighted by Crippen LogP contribution is 2.26. The first kappa shape index (κ1) is 22.5. The fourth-order valence-electron chi connectivity index (χ4n) is 4.33. The van der Waals surface area contributed by atoms with Gasteiger partial charge in [-0.25, -0.2) is 4.98 Å². The number of anilines is 1. The van der Waals surface area contributed by atoms with Gasteiger partial charge in [-0.05, 0) is 43.3 Å². The minimum Gasteiger partial charge on any atom is -0.484 e. The van der Waals surface area contributed by atoms with Crippen LogP contribution < -0.4 is 9.64 Å². The van der Waals surface area contributed by atoms with E-state index >= 15 is 0 Å². The standard InChI is InChI=1S/C24H32N4O4/c1-26(18-24(30)9-11-28(19-24)22-4-2-3-10-25-22)16-20-5-7-21(8-6-20)32-17-23(29)27-12-14-31-15-13-27/h2-8,10,30H,9,11-19H2,1H3/t24-/m1/s1. The normalized spacial score (nSPS) is 21.2. The van der Waals surface area contributed by atoms with Crippen LogP contribution in [0.3, 0.4) is 0 Å². The third kappa shape index (κ3) is 5.97. The highest BCUT2D eigenvalue weighted by molar-refractivity contribution is 5.77. The van der Waals surface area contributed by atoms with Gasteiger partial charge in [0.25, 0.3) is 5.91 Å². The molecule has 32 heavy (non-hydrogen) atoms. The second-order valence-electron chi connectivity index (χ2n) is 8.68. The molecule has 0 aliphatic carbocycles. The Morgan fingerprint density at radius 2 is 1.97 bits per heavy atom. The van der Waals surface area contributed by atoms with Crippen LogP contribution >= 0.6 is 0 Å². The predicted octanol–water partition coefficient (Wildman–Crippen LogP) is 1.39. The molecule has 0 bridgehead atoms. The van der Waals surface area contributed by atoms with Gasteiger partial charge in [0.05, 0.1) is 18.8 Å². The molecule has 0 unspecified atom stereocenters. The molecule has 2 aliphatic heterocycles. The van der Waals surface area contributed by atoms with Gasteiger partial charge in [0, 0.05) is 45.5 Å². The van der Waals surface area contributed by atoms with E-state index in [1.807, 2.05) is 49.5 Å². The van der Waals surface area contributed by atoms with Gasteiger partial charge < -0.3 is 24.4 Å². The summed E-state index contributed by atoms with van der Waals surface area (Å²) in [4.78, 5) is 22.6. The molecule has 1 aromatic carbocycles. The molecule has 1 N–H and O–H groups in total. The van der Waals surface area contributed by atoms with Crippen molar-refractivity contribution in [2.45, 2.75) is 18.6 Å². The molecule has 8 heteroatoms. The van der Waals surface area contributed by atoms with Crippen LogP contribution in [0.1, 0.15) is 12.0 Å². The van der Waals surface area contributed by atoms with E-state index in [0.717, 1.165) is 30.9 Å². The van der Waals surface area contributed by atoms with Gasteiger partial charge >= 0.3 is 0 Å². The quantitative estimate of drug-likeness (QED) is 0.665. The van der Waals surface area contributed by atoms with Crippen LogP contribution in [0.25, 0.3) is 0 Å². The van der Waals surface area contributed by atoms with E-state index in [1.54, 1.807) is 11.1 Å². The lowest BCUT2D eigenvalue weighted by Gasteiger charge is -2.29. The Kier molecular flexibility index (Phi) is 7.24. The number of aromatic nitrogens is 1. The van der Waals surface area contributed by atoms with Gasteiger partial charge in [-0.15, -0.1) is 0 Å². The molecule has 172 valence electrons. The van der Waals surface area contributed by atoms with Gasteiger partial charge in [0.1, 0.15) is 11.6 Å². The van der Waals surface area contributed by atoms with Crippen molar-refractivity contribution in [1.82, 2.24) is 14.8 Å². The van der Waals surface area contributed by atoms with E-state index in [1.165, 1.54) is 0 Å². The predicted molar refractivity (Wildman–Crippen MR) is 122 cm³/mol. The molecule has 2 aliphatic rings. The second kappa shape index (κ2) is 10.3. The third-order valence-corrected chi connectivity index (χ3v) is 5.97. The summed E-state index contributed by atoms with van der Waals surface area (Å²) in [7, 11) is 2.02. The summed E-state index contributed by atoms with van der Waals surface area (Å²) < 4.78 is 10.9. The van der Waals surface area contributed by atoms with Crippen LogP contribution in [-0.2, 0) is 16.1 Å². The number of β-amino-alcohol motifs (C(OH)–C–C–N with tert-alkyl or cyclic N) is 1. The van der Waals surface area contributed by atoms with Crippen molar-refractivity contribution in [3.05, 3.63) is 54.2 Å². The third-order valence-electron chi connectivity index (χ3n) is 5.97. The van der Waals surface area contributed by atoms with Gasteiger partial charge in [-0.2, -0.15) is 0 Å². The summed E-state index contributed by atoms with van der Waals surface area (Å²) in [6.07, 6.45) is 2.50. The Labute approximate surface area is 189 Å². The van der Waals surface area contributed by atoms with Gasteiger partial charge in [-0.1, -0.05) is 18.2 Å². The number of hydrogen-bond donors (Lipinski definition) is 1.